The van der Waals surface area contributed by atoms with Crippen LogP contribution in [0.3, 0.4) is 0 Å². The fourth-order valence-corrected chi connectivity index (χ4v) is 4.85. The lowest BCUT2D eigenvalue weighted by Gasteiger charge is -2.22. The second kappa shape index (κ2) is 7.67. The third-order valence-corrected chi connectivity index (χ3v) is 6.75. The van der Waals surface area contributed by atoms with Gasteiger partial charge in [0.25, 0.3) is 0 Å². The molecule has 2 aromatic rings. The topological polar surface area (TPSA) is 40.0 Å². The molecule has 2 aromatic carbocycles. The van der Waals surface area contributed by atoms with Crippen molar-refractivity contribution in [1.82, 2.24) is 0 Å². The van der Waals surface area contributed by atoms with Crippen molar-refractivity contribution in [2.24, 2.45) is 10.4 Å². The maximum Gasteiger partial charge on any atom is 0.215 e. The van der Waals surface area contributed by atoms with E-state index in [0.717, 1.165) is 17.1 Å². The van der Waals surface area contributed by atoms with E-state index in [1.54, 1.807) is 14.2 Å². The molecule has 0 aromatic heterocycles. The zero-order valence-electron chi connectivity index (χ0n) is 16.0. The van der Waals surface area contributed by atoms with Crippen LogP contribution in [0.2, 0.25) is 0 Å². The Morgan fingerprint density at radius 3 is 1.69 bits per heavy atom. The van der Waals surface area contributed by atoms with Crippen LogP contribution in [0.1, 0.15) is 20.8 Å². The lowest BCUT2D eigenvalue weighted by Crippen LogP contribution is -2.25. The van der Waals surface area contributed by atoms with Crippen molar-refractivity contribution in [3.63, 3.8) is 0 Å². The maximum absolute atomic E-state index is 6.09. The molecule has 0 radical (unpaired) electrons. The third-order valence-electron chi connectivity index (χ3n) is 4.49. The van der Waals surface area contributed by atoms with Crippen LogP contribution in [0.4, 0.5) is 0 Å². The zero-order chi connectivity index (χ0) is 18.7. The highest BCUT2D eigenvalue weighted by atomic mass is 31.1. The SMILES string of the molecule is COc1ccc(P(C2=N[C@@H](C(C)(C)C)CO2)c2ccc(OC)cc2)cc1. The highest BCUT2D eigenvalue weighted by Crippen LogP contribution is 2.41. The summed E-state index contributed by atoms with van der Waals surface area (Å²) in [7, 11) is 2.52. The van der Waals surface area contributed by atoms with Gasteiger partial charge in [0.2, 0.25) is 5.64 Å². The minimum atomic E-state index is -0.844. The number of hydrogen-bond donors (Lipinski definition) is 0. The summed E-state index contributed by atoms with van der Waals surface area (Å²) in [5.74, 6) is 1.69. The number of rotatable bonds is 5. The zero-order valence-corrected chi connectivity index (χ0v) is 16.9. The van der Waals surface area contributed by atoms with Gasteiger partial charge in [-0.15, -0.1) is 0 Å². The van der Waals surface area contributed by atoms with Gasteiger partial charge in [-0.1, -0.05) is 45.0 Å². The molecule has 138 valence electrons. The average molecular weight is 371 g/mol. The van der Waals surface area contributed by atoms with Crippen LogP contribution in [-0.2, 0) is 4.74 Å². The summed E-state index contributed by atoms with van der Waals surface area (Å²) in [4.78, 5) is 4.96. The van der Waals surface area contributed by atoms with Gasteiger partial charge in [0, 0.05) is 7.92 Å². The number of hydrogen-bond acceptors (Lipinski definition) is 4. The maximum atomic E-state index is 6.09. The summed E-state index contributed by atoms with van der Waals surface area (Å²) in [6.45, 7) is 7.26. The monoisotopic (exact) mass is 371 g/mol. The predicted molar refractivity (Wildman–Crippen MR) is 109 cm³/mol. The van der Waals surface area contributed by atoms with Crippen LogP contribution >= 0.6 is 7.92 Å². The van der Waals surface area contributed by atoms with E-state index in [4.69, 9.17) is 19.2 Å². The lowest BCUT2D eigenvalue weighted by molar-refractivity contribution is 0.238. The Labute approximate surface area is 157 Å². The van der Waals surface area contributed by atoms with E-state index in [1.165, 1.54) is 10.6 Å². The molecule has 1 heterocycles. The van der Waals surface area contributed by atoms with Crippen molar-refractivity contribution in [3.05, 3.63) is 48.5 Å². The molecule has 0 saturated carbocycles. The number of aliphatic imine (C=N–C) groups is 1. The van der Waals surface area contributed by atoms with Crippen LogP contribution in [-0.4, -0.2) is 32.5 Å². The summed E-state index contributed by atoms with van der Waals surface area (Å²) in [5.41, 5.74) is 0.929. The minimum absolute atomic E-state index is 0.0859. The molecule has 0 unspecified atom stereocenters. The van der Waals surface area contributed by atoms with Gasteiger partial charge in [-0.3, -0.25) is 0 Å². The molecular formula is C21H26NO3P. The van der Waals surface area contributed by atoms with Gasteiger partial charge in [0.15, 0.2) is 0 Å². The Kier molecular flexibility index (Phi) is 5.52. The van der Waals surface area contributed by atoms with E-state index in [0.29, 0.717) is 6.61 Å². The molecule has 0 saturated heterocycles. The Morgan fingerprint density at radius 1 is 0.885 bits per heavy atom. The quantitative estimate of drug-likeness (QED) is 0.748. The second-order valence-electron chi connectivity index (χ2n) is 7.34. The van der Waals surface area contributed by atoms with E-state index >= 15 is 0 Å². The molecule has 4 nitrogen and oxygen atoms in total. The summed E-state index contributed by atoms with van der Waals surface area (Å²) < 4.78 is 16.7. The standard InChI is InChI=1S/C21H26NO3P/c1-21(2,3)19-14-25-20(22-19)26(17-10-6-15(23-4)7-11-17)18-12-8-16(24-5)9-13-18/h6-13,19H,14H2,1-5H3/t19-/m1/s1. The highest BCUT2D eigenvalue weighted by molar-refractivity contribution is 7.87. The number of methoxy groups -OCH3 is 2. The van der Waals surface area contributed by atoms with E-state index in [9.17, 15) is 0 Å². The first-order chi connectivity index (χ1) is 12.4. The molecule has 1 aliphatic rings. The van der Waals surface area contributed by atoms with E-state index < -0.39 is 7.92 Å². The van der Waals surface area contributed by atoms with Crippen molar-refractivity contribution in [2.45, 2.75) is 26.8 Å². The molecule has 1 aliphatic heterocycles. The molecule has 0 spiro atoms. The van der Waals surface area contributed by atoms with Crippen molar-refractivity contribution >= 4 is 24.2 Å². The van der Waals surface area contributed by atoms with Gasteiger partial charge in [-0.05, 0) is 40.3 Å². The predicted octanol–water partition coefficient (Wildman–Crippen LogP) is 3.94. The van der Waals surface area contributed by atoms with Crippen LogP contribution in [0.15, 0.2) is 53.5 Å². The lowest BCUT2D eigenvalue weighted by atomic mass is 9.88. The smallest absolute Gasteiger partial charge is 0.215 e. The van der Waals surface area contributed by atoms with Crippen molar-refractivity contribution < 1.29 is 14.2 Å². The van der Waals surface area contributed by atoms with E-state index in [-0.39, 0.29) is 11.5 Å². The average Bonchev–Trinajstić information content (AvgIpc) is 3.13. The van der Waals surface area contributed by atoms with Crippen molar-refractivity contribution in [3.8, 4) is 11.5 Å². The fraction of sp³-hybridized carbons (Fsp3) is 0.381. The Balaban J connectivity index is 2.01. The second-order valence-corrected chi connectivity index (χ2v) is 9.42. The largest absolute Gasteiger partial charge is 0.497 e. The first kappa shape index (κ1) is 18.7. The first-order valence-corrected chi connectivity index (χ1v) is 10.1. The number of nitrogens with zero attached hydrogens (tertiary/aromatic N) is 1. The molecule has 0 aliphatic carbocycles. The van der Waals surface area contributed by atoms with Gasteiger partial charge >= 0.3 is 0 Å². The summed E-state index contributed by atoms with van der Waals surface area (Å²) in [5, 5.41) is 2.39. The molecule has 0 N–H and O–H groups in total. The van der Waals surface area contributed by atoms with Crippen LogP contribution in [0.5, 0.6) is 11.5 Å². The van der Waals surface area contributed by atoms with Gasteiger partial charge in [0.05, 0.1) is 20.3 Å². The van der Waals surface area contributed by atoms with Crippen LogP contribution < -0.4 is 20.1 Å². The van der Waals surface area contributed by atoms with Crippen molar-refractivity contribution in [2.75, 3.05) is 20.8 Å². The Morgan fingerprint density at radius 2 is 1.35 bits per heavy atom. The molecule has 26 heavy (non-hydrogen) atoms. The molecule has 5 heteroatoms. The summed E-state index contributed by atoms with van der Waals surface area (Å²) in [6, 6.07) is 16.6. The highest BCUT2D eigenvalue weighted by Gasteiger charge is 2.34. The minimum Gasteiger partial charge on any atom is -0.497 e. The molecule has 0 amide bonds. The summed E-state index contributed by atoms with van der Waals surface area (Å²) in [6.07, 6.45) is 0. The molecule has 0 fully saturated rings. The van der Waals surface area contributed by atoms with Gasteiger partial charge in [-0.2, -0.15) is 0 Å². The molecule has 3 rings (SSSR count). The summed E-state index contributed by atoms with van der Waals surface area (Å²) >= 11 is 0. The van der Waals surface area contributed by atoms with Gasteiger partial charge < -0.3 is 14.2 Å². The molecular weight excluding hydrogens is 345 g/mol. The van der Waals surface area contributed by atoms with E-state index in [1.807, 2.05) is 24.3 Å². The molecule has 1 atom stereocenters. The third kappa shape index (κ3) is 4.02. The molecule has 0 bridgehead atoms. The Hall–Kier alpha value is -2.06. The van der Waals surface area contributed by atoms with Crippen molar-refractivity contribution in [1.29, 1.82) is 0 Å². The van der Waals surface area contributed by atoms with E-state index in [2.05, 4.69) is 45.0 Å². The van der Waals surface area contributed by atoms with Crippen LogP contribution in [0, 0.1) is 5.41 Å². The van der Waals surface area contributed by atoms with Gasteiger partial charge in [-0.25, -0.2) is 4.99 Å². The van der Waals surface area contributed by atoms with Crippen LogP contribution in [0.25, 0.3) is 0 Å². The number of benzene rings is 2. The fourth-order valence-electron chi connectivity index (χ4n) is 2.76. The first-order valence-electron chi connectivity index (χ1n) is 8.71. The normalized spacial score (nSPS) is 17.0. The number of ether oxygens (including phenoxy) is 3. The van der Waals surface area contributed by atoms with Gasteiger partial charge in [0.1, 0.15) is 18.1 Å². The Bertz CT molecular complexity index is 716.